The molecule has 1 amide bonds. The van der Waals surface area contributed by atoms with E-state index in [4.69, 9.17) is 36.5 Å². The van der Waals surface area contributed by atoms with Crippen LogP contribution in [0.15, 0.2) is 23.8 Å². The Hall–Kier alpha value is -3.17. The van der Waals surface area contributed by atoms with Crippen molar-refractivity contribution in [3.8, 4) is 17.1 Å². The number of hydrogen-bond donors (Lipinski definition) is 2. The Labute approximate surface area is 248 Å². The molecule has 41 heavy (non-hydrogen) atoms. The number of rotatable bonds is 9. The summed E-state index contributed by atoms with van der Waals surface area (Å²) in [5, 5.41) is 19.1. The first-order chi connectivity index (χ1) is 19.5. The quantitative estimate of drug-likeness (QED) is 0.341. The van der Waals surface area contributed by atoms with Crippen molar-refractivity contribution < 1.29 is 19.4 Å². The molecule has 2 aliphatic rings. The number of benzene rings is 1. The molecular weight excluding hydrogens is 542 g/mol. The minimum Gasteiger partial charge on any atom is -0.489 e. The highest BCUT2D eigenvalue weighted by Gasteiger charge is 2.46. The molecule has 1 aromatic heterocycles. The lowest BCUT2D eigenvalue weighted by Gasteiger charge is -2.54. The number of aliphatic hydroxyl groups is 1. The van der Waals surface area contributed by atoms with E-state index in [1.165, 1.54) is 7.11 Å². The number of anilines is 1. The number of likely N-dealkylation sites (tertiary alicyclic amines) is 1. The van der Waals surface area contributed by atoms with Gasteiger partial charge in [-0.3, -0.25) is 0 Å². The number of aromatic nitrogens is 2. The number of ether oxygens (including phenoxy) is 2. The Kier molecular flexibility index (Phi) is 9.59. The van der Waals surface area contributed by atoms with E-state index in [-0.39, 0.29) is 18.1 Å². The summed E-state index contributed by atoms with van der Waals surface area (Å²) in [4.78, 5) is 26.0. The molecule has 2 fully saturated rings. The molecule has 0 radical (unpaired) electrons. The molecular formula is C31H42ClN5O4. The molecule has 0 bridgehead atoms. The summed E-state index contributed by atoms with van der Waals surface area (Å²) in [7, 11) is 1.42. The van der Waals surface area contributed by atoms with Gasteiger partial charge >= 0.3 is 6.09 Å². The van der Waals surface area contributed by atoms with E-state index in [0.717, 1.165) is 60.6 Å². The molecule has 1 spiro atoms. The second kappa shape index (κ2) is 12.8. The van der Waals surface area contributed by atoms with Crippen molar-refractivity contribution in [1.82, 2.24) is 14.9 Å². The van der Waals surface area contributed by atoms with Crippen molar-refractivity contribution in [2.75, 3.05) is 44.8 Å². The average Bonchev–Trinajstić information content (AvgIpc) is 2.92. The average molecular weight is 584 g/mol. The van der Waals surface area contributed by atoms with Crippen LogP contribution in [0, 0.1) is 17.7 Å². The number of nitrogens with one attached hydrogen (secondary N) is 1. The topological polar surface area (TPSA) is 112 Å². The summed E-state index contributed by atoms with van der Waals surface area (Å²) >= 11 is 6.85. The largest absolute Gasteiger partial charge is 0.489 e. The van der Waals surface area contributed by atoms with E-state index < -0.39 is 6.10 Å². The number of aliphatic hydroxyl groups excluding tert-OH is 1. The summed E-state index contributed by atoms with van der Waals surface area (Å²) in [5.74, 6) is 1.76. The number of carbonyl (C=O) groups is 1. The van der Waals surface area contributed by atoms with Gasteiger partial charge in [0.1, 0.15) is 18.2 Å². The standard InChI is InChI=1S/C31H42ClN5O4/c1-7-9-22(38)16-41-24-11-8-10-23(26(24)32)28-34-27(25(19(2)3)21(5)33)20(4)29(35-28)37-17-31(18-37)12-14-36(15-13-31)30(39)40-6/h8,10-11,22,33,38H,7,9,12-18H2,1-6H3/t22-/m1/s1. The van der Waals surface area contributed by atoms with Gasteiger partial charge in [-0.1, -0.05) is 36.6 Å². The molecule has 3 heterocycles. The van der Waals surface area contributed by atoms with Crippen LogP contribution in [0.4, 0.5) is 10.6 Å². The lowest BCUT2D eigenvalue weighted by Crippen LogP contribution is -2.61. The van der Waals surface area contributed by atoms with Gasteiger partial charge in [-0.05, 0) is 59.1 Å². The molecule has 0 unspecified atom stereocenters. The predicted octanol–water partition coefficient (Wildman–Crippen LogP) is 6.15. The molecule has 1 atom stereocenters. The van der Waals surface area contributed by atoms with Gasteiger partial charge < -0.3 is 29.8 Å². The van der Waals surface area contributed by atoms with E-state index in [0.29, 0.717) is 47.4 Å². The summed E-state index contributed by atoms with van der Waals surface area (Å²) in [6.07, 6.45) is 2.50. The SMILES string of the molecule is CCC[C@@H](O)COc1cccc(-c2nc(C(C(C)=N)=C(C)C)c(C)c(N3CC4(CCN(C(=O)OC)CC4)C3)n2)c1Cl. The summed E-state index contributed by atoms with van der Waals surface area (Å²) < 4.78 is 10.8. The fraction of sp³-hybridized carbons (Fsp3) is 0.548. The Morgan fingerprint density at radius 3 is 2.46 bits per heavy atom. The number of amides is 1. The predicted molar refractivity (Wildman–Crippen MR) is 163 cm³/mol. The van der Waals surface area contributed by atoms with Crippen LogP contribution >= 0.6 is 11.6 Å². The third-order valence-electron chi connectivity index (χ3n) is 8.10. The highest BCUT2D eigenvalue weighted by molar-refractivity contribution is 6.34. The van der Waals surface area contributed by atoms with Crippen molar-refractivity contribution in [3.05, 3.63) is 40.1 Å². The molecule has 2 aliphatic heterocycles. The second-order valence-electron chi connectivity index (χ2n) is 11.5. The Morgan fingerprint density at radius 1 is 1.20 bits per heavy atom. The number of hydrogen-bond acceptors (Lipinski definition) is 8. The lowest BCUT2D eigenvalue weighted by atomic mass is 9.72. The van der Waals surface area contributed by atoms with E-state index >= 15 is 0 Å². The fourth-order valence-electron chi connectivity index (χ4n) is 5.89. The van der Waals surface area contributed by atoms with Crippen LogP contribution in [-0.2, 0) is 4.74 Å². The van der Waals surface area contributed by atoms with Gasteiger partial charge in [-0.15, -0.1) is 0 Å². The zero-order valence-corrected chi connectivity index (χ0v) is 25.8. The zero-order chi connectivity index (χ0) is 29.9. The van der Waals surface area contributed by atoms with Gasteiger partial charge in [0.25, 0.3) is 0 Å². The maximum Gasteiger partial charge on any atom is 0.409 e. The monoisotopic (exact) mass is 583 g/mol. The second-order valence-corrected chi connectivity index (χ2v) is 11.9. The zero-order valence-electron chi connectivity index (χ0n) is 25.0. The summed E-state index contributed by atoms with van der Waals surface area (Å²) in [5.41, 5.74) is 4.63. The van der Waals surface area contributed by atoms with Crippen LogP contribution < -0.4 is 9.64 Å². The molecule has 2 aromatic rings. The third-order valence-corrected chi connectivity index (χ3v) is 8.49. The maximum atomic E-state index is 12.0. The van der Waals surface area contributed by atoms with Gasteiger partial charge in [0, 0.05) is 54.0 Å². The van der Waals surface area contributed by atoms with E-state index in [9.17, 15) is 9.90 Å². The number of piperidine rings is 1. The minimum absolute atomic E-state index is 0.129. The summed E-state index contributed by atoms with van der Waals surface area (Å²) in [6, 6.07) is 5.50. The first kappa shape index (κ1) is 30.8. The van der Waals surface area contributed by atoms with E-state index in [1.807, 2.05) is 39.8 Å². The number of nitrogens with zero attached hydrogens (tertiary/aromatic N) is 4. The van der Waals surface area contributed by atoms with Crippen molar-refractivity contribution in [2.45, 2.75) is 66.4 Å². The van der Waals surface area contributed by atoms with Gasteiger partial charge in [-0.25, -0.2) is 14.8 Å². The van der Waals surface area contributed by atoms with Crippen LogP contribution in [0.25, 0.3) is 17.0 Å². The van der Waals surface area contributed by atoms with E-state index in [2.05, 4.69) is 4.90 Å². The lowest BCUT2D eigenvalue weighted by molar-refractivity contribution is 0.0621. The number of methoxy groups -OCH3 is 1. The molecule has 222 valence electrons. The number of halogens is 1. The van der Waals surface area contributed by atoms with Crippen LogP contribution in [0.1, 0.15) is 64.6 Å². The molecule has 0 aliphatic carbocycles. The van der Waals surface area contributed by atoms with Gasteiger partial charge in [0.05, 0.1) is 23.9 Å². The molecule has 2 N–H and O–H groups in total. The maximum absolute atomic E-state index is 12.0. The van der Waals surface area contributed by atoms with Crippen LogP contribution in [0.3, 0.4) is 0 Å². The first-order valence-corrected chi connectivity index (χ1v) is 14.7. The molecule has 10 heteroatoms. The molecule has 2 saturated heterocycles. The normalized spacial score (nSPS) is 16.7. The third kappa shape index (κ3) is 6.51. The highest BCUT2D eigenvalue weighted by Crippen LogP contribution is 2.45. The summed E-state index contributed by atoms with van der Waals surface area (Å²) in [6.45, 7) is 13.0. The molecule has 9 nitrogen and oxygen atoms in total. The van der Waals surface area contributed by atoms with Gasteiger partial charge in [-0.2, -0.15) is 0 Å². The van der Waals surface area contributed by atoms with Gasteiger partial charge in [0.2, 0.25) is 0 Å². The smallest absolute Gasteiger partial charge is 0.409 e. The molecule has 0 saturated carbocycles. The molecule has 4 rings (SSSR count). The van der Waals surface area contributed by atoms with Crippen LogP contribution in [0.5, 0.6) is 5.75 Å². The van der Waals surface area contributed by atoms with Crippen LogP contribution in [-0.4, -0.2) is 77.8 Å². The van der Waals surface area contributed by atoms with Crippen molar-refractivity contribution >= 4 is 34.8 Å². The molecule has 1 aromatic carbocycles. The first-order valence-electron chi connectivity index (χ1n) is 14.3. The minimum atomic E-state index is -0.567. The van der Waals surface area contributed by atoms with Crippen molar-refractivity contribution in [2.24, 2.45) is 5.41 Å². The van der Waals surface area contributed by atoms with Crippen LogP contribution in [0.2, 0.25) is 5.02 Å². The Morgan fingerprint density at radius 2 is 1.88 bits per heavy atom. The highest BCUT2D eigenvalue weighted by atomic mass is 35.5. The van der Waals surface area contributed by atoms with E-state index in [1.54, 1.807) is 17.9 Å². The number of allylic oxidation sites excluding steroid dienone is 2. The Balaban J connectivity index is 1.69. The van der Waals surface area contributed by atoms with Crippen molar-refractivity contribution in [1.29, 1.82) is 5.41 Å². The number of carbonyl (C=O) groups excluding carboxylic acids is 1. The van der Waals surface area contributed by atoms with Gasteiger partial charge in [0.15, 0.2) is 5.82 Å². The van der Waals surface area contributed by atoms with Crippen molar-refractivity contribution in [3.63, 3.8) is 0 Å². The Bertz CT molecular complexity index is 1320. The fourth-order valence-corrected chi connectivity index (χ4v) is 6.15.